The van der Waals surface area contributed by atoms with E-state index in [-0.39, 0.29) is 24.0 Å². The number of piperidine rings is 2. The second kappa shape index (κ2) is 8.71. The maximum absolute atomic E-state index is 4.41. The van der Waals surface area contributed by atoms with Gasteiger partial charge >= 0.3 is 0 Å². The van der Waals surface area contributed by atoms with Crippen molar-refractivity contribution in [2.45, 2.75) is 75.9 Å². The number of aliphatic imine (C=N–C) groups is 1. The molecule has 3 fully saturated rings. The fourth-order valence-electron chi connectivity index (χ4n) is 4.13. The van der Waals surface area contributed by atoms with E-state index in [1.165, 1.54) is 57.8 Å². The summed E-state index contributed by atoms with van der Waals surface area (Å²) in [6.07, 6.45) is 12.3. The Morgan fingerprint density at radius 3 is 2.41 bits per heavy atom. The number of guanidine groups is 1. The fraction of sp³-hybridized carbons (Fsp3) is 0.941. The van der Waals surface area contributed by atoms with Crippen molar-refractivity contribution >= 4 is 29.9 Å². The monoisotopic (exact) mass is 420 g/mol. The molecule has 0 radical (unpaired) electrons. The van der Waals surface area contributed by atoms with E-state index in [1.54, 1.807) is 0 Å². The predicted octanol–water partition coefficient (Wildman–Crippen LogP) is 2.97. The average Bonchev–Trinajstić information content (AvgIpc) is 3.27. The van der Waals surface area contributed by atoms with Crippen LogP contribution < -0.4 is 10.6 Å². The Balaban J connectivity index is 0.00000176. The molecule has 0 aromatic carbocycles. The molecule has 2 aliphatic heterocycles. The summed E-state index contributed by atoms with van der Waals surface area (Å²) in [5.74, 6) is 2.05. The summed E-state index contributed by atoms with van der Waals surface area (Å²) in [7, 11) is 4.21. The molecule has 0 aromatic rings. The molecule has 22 heavy (non-hydrogen) atoms. The summed E-state index contributed by atoms with van der Waals surface area (Å²) < 4.78 is 0. The molecule has 2 unspecified atom stereocenters. The summed E-state index contributed by atoms with van der Waals surface area (Å²) in [4.78, 5) is 7.03. The van der Waals surface area contributed by atoms with Gasteiger partial charge in [0.2, 0.25) is 0 Å². The topological polar surface area (TPSA) is 39.7 Å². The molecule has 2 heterocycles. The molecule has 3 rings (SSSR count). The van der Waals surface area contributed by atoms with Crippen LogP contribution in [0.4, 0.5) is 0 Å². The molecular weight excluding hydrogens is 387 g/mol. The van der Waals surface area contributed by atoms with Gasteiger partial charge in [-0.25, -0.2) is 0 Å². The lowest BCUT2D eigenvalue weighted by Crippen LogP contribution is -2.56. The van der Waals surface area contributed by atoms with E-state index in [1.807, 2.05) is 7.05 Å². The number of hydrogen-bond acceptors (Lipinski definition) is 2. The minimum Gasteiger partial charge on any atom is -0.356 e. The molecule has 2 N–H and O–H groups in total. The van der Waals surface area contributed by atoms with Gasteiger partial charge in [0.25, 0.3) is 0 Å². The van der Waals surface area contributed by atoms with Crippen molar-refractivity contribution in [2.75, 3.05) is 20.6 Å². The summed E-state index contributed by atoms with van der Waals surface area (Å²) in [6, 6.07) is 2.16. The quantitative estimate of drug-likeness (QED) is 0.311. The van der Waals surface area contributed by atoms with Gasteiger partial charge in [0.05, 0.1) is 0 Å². The van der Waals surface area contributed by atoms with Crippen LogP contribution in [0.2, 0.25) is 0 Å². The van der Waals surface area contributed by atoms with Gasteiger partial charge in [-0.1, -0.05) is 19.3 Å². The summed E-state index contributed by atoms with van der Waals surface area (Å²) >= 11 is 0. The number of halogens is 1. The Bertz CT molecular complexity index is 356. The van der Waals surface area contributed by atoms with Crippen LogP contribution in [-0.2, 0) is 0 Å². The second-order valence-electron chi connectivity index (χ2n) is 7.30. The summed E-state index contributed by atoms with van der Waals surface area (Å²) in [6.45, 7) is 1.07. The van der Waals surface area contributed by atoms with Gasteiger partial charge in [0.1, 0.15) is 0 Å². The smallest absolute Gasteiger partial charge is 0.191 e. The first-order chi connectivity index (χ1) is 10.3. The second-order valence-corrected chi connectivity index (χ2v) is 7.30. The summed E-state index contributed by atoms with van der Waals surface area (Å²) in [5, 5.41) is 7.17. The van der Waals surface area contributed by atoms with Crippen molar-refractivity contribution in [2.24, 2.45) is 10.9 Å². The summed E-state index contributed by atoms with van der Waals surface area (Å²) in [5.41, 5.74) is 0. The molecule has 5 heteroatoms. The molecule has 2 bridgehead atoms. The van der Waals surface area contributed by atoms with Crippen molar-refractivity contribution in [3.63, 3.8) is 0 Å². The van der Waals surface area contributed by atoms with Crippen LogP contribution in [0.15, 0.2) is 4.99 Å². The molecule has 0 spiro atoms. The van der Waals surface area contributed by atoms with Crippen LogP contribution in [0.25, 0.3) is 0 Å². The van der Waals surface area contributed by atoms with Crippen molar-refractivity contribution in [3.8, 4) is 0 Å². The van der Waals surface area contributed by atoms with E-state index < -0.39 is 0 Å². The number of nitrogens with one attached hydrogen (secondary N) is 2. The first kappa shape index (κ1) is 18.3. The van der Waals surface area contributed by atoms with Crippen LogP contribution in [0, 0.1) is 5.92 Å². The molecule has 4 nitrogen and oxygen atoms in total. The molecule has 0 amide bonds. The molecule has 1 aliphatic carbocycles. The zero-order chi connectivity index (χ0) is 14.7. The average molecular weight is 420 g/mol. The normalized spacial score (nSPS) is 32.3. The Kier molecular flexibility index (Phi) is 7.25. The van der Waals surface area contributed by atoms with Gasteiger partial charge in [-0.15, -0.1) is 24.0 Å². The lowest BCUT2D eigenvalue weighted by atomic mass is 9.82. The van der Waals surface area contributed by atoms with E-state index in [0.29, 0.717) is 6.04 Å². The van der Waals surface area contributed by atoms with E-state index in [2.05, 4.69) is 27.6 Å². The zero-order valence-electron chi connectivity index (χ0n) is 14.2. The van der Waals surface area contributed by atoms with Crippen molar-refractivity contribution in [3.05, 3.63) is 0 Å². The molecule has 1 saturated carbocycles. The number of rotatable bonds is 5. The Labute approximate surface area is 152 Å². The molecule has 128 valence electrons. The van der Waals surface area contributed by atoms with Crippen LogP contribution in [0.3, 0.4) is 0 Å². The molecule has 2 saturated heterocycles. The highest BCUT2D eigenvalue weighted by molar-refractivity contribution is 14.0. The van der Waals surface area contributed by atoms with Crippen LogP contribution in [0.1, 0.15) is 57.8 Å². The minimum absolute atomic E-state index is 0. The third-order valence-electron chi connectivity index (χ3n) is 5.68. The molecule has 2 atom stereocenters. The minimum atomic E-state index is 0. The lowest BCUT2D eigenvalue weighted by molar-refractivity contribution is 0.0526. The van der Waals surface area contributed by atoms with Crippen molar-refractivity contribution in [1.29, 1.82) is 0 Å². The largest absolute Gasteiger partial charge is 0.356 e. The standard InChI is InChI=1S/C17H32N4.HI/c1-18-17(19-10-4-5-13-8-9-13)20-14-11-15-6-3-7-16(12-14)21(15)2;/h13-16H,3-12H2,1-2H3,(H2,18,19,20);1H. The van der Waals surface area contributed by atoms with Crippen LogP contribution in [0.5, 0.6) is 0 Å². The van der Waals surface area contributed by atoms with Gasteiger partial charge in [-0.3, -0.25) is 4.99 Å². The van der Waals surface area contributed by atoms with Gasteiger partial charge < -0.3 is 15.5 Å². The van der Waals surface area contributed by atoms with E-state index >= 15 is 0 Å². The lowest BCUT2D eigenvalue weighted by Gasteiger charge is -2.47. The van der Waals surface area contributed by atoms with E-state index in [9.17, 15) is 0 Å². The maximum Gasteiger partial charge on any atom is 0.191 e. The molecule has 3 aliphatic rings. The molecular formula is C17H33IN4. The van der Waals surface area contributed by atoms with Gasteiger partial charge in [0, 0.05) is 31.7 Å². The first-order valence-electron chi connectivity index (χ1n) is 8.95. The van der Waals surface area contributed by atoms with Crippen LogP contribution >= 0.6 is 24.0 Å². The van der Waals surface area contributed by atoms with Crippen LogP contribution in [-0.4, -0.2) is 49.6 Å². The van der Waals surface area contributed by atoms with E-state index in [0.717, 1.165) is 30.5 Å². The highest BCUT2D eigenvalue weighted by Gasteiger charge is 2.36. The highest BCUT2D eigenvalue weighted by atomic mass is 127. The molecule has 0 aromatic heterocycles. The zero-order valence-corrected chi connectivity index (χ0v) is 16.5. The third kappa shape index (κ3) is 4.98. The Morgan fingerprint density at radius 2 is 1.82 bits per heavy atom. The van der Waals surface area contributed by atoms with Gasteiger partial charge in [-0.05, 0) is 51.5 Å². The highest BCUT2D eigenvalue weighted by Crippen LogP contribution is 2.33. The van der Waals surface area contributed by atoms with Crippen molar-refractivity contribution in [1.82, 2.24) is 15.5 Å². The predicted molar refractivity (Wildman–Crippen MR) is 104 cm³/mol. The van der Waals surface area contributed by atoms with Gasteiger partial charge in [-0.2, -0.15) is 0 Å². The van der Waals surface area contributed by atoms with E-state index in [4.69, 9.17) is 0 Å². The number of fused-ring (bicyclic) bond motifs is 2. The number of nitrogens with zero attached hydrogens (tertiary/aromatic N) is 2. The fourth-order valence-corrected chi connectivity index (χ4v) is 4.13. The third-order valence-corrected chi connectivity index (χ3v) is 5.68. The maximum atomic E-state index is 4.41. The Morgan fingerprint density at radius 1 is 1.14 bits per heavy atom. The van der Waals surface area contributed by atoms with Gasteiger partial charge in [0.15, 0.2) is 5.96 Å². The number of hydrogen-bond donors (Lipinski definition) is 2. The van der Waals surface area contributed by atoms with Crippen molar-refractivity contribution < 1.29 is 0 Å². The first-order valence-corrected chi connectivity index (χ1v) is 8.95. The Hall–Kier alpha value is -0.0400. The SMILES string of the molecule is CN=C(NCCCC1CC1)NC1CC2CCCC(C1)N2C.I.